The van der Waals surface area contributed by atoms with Crippen molar-refractivity contribution in [1.29, 1.82) is 0 Å². The van der Waals surface area contributed by atoms with Gasteiger partial charge in [-0.15, -0.1) is 0 Å². The molecule has 2 nitrogen and oxygen atoms in total. The maximum absolute atomic E-state index is 11.4. The molecule has 0 saturated heterocycles. The summed E-state index contributed by atoms with van der Waals surface area (Å²) in [6, 6.07) is 8.05. The molecule has 2 rings (SSSR count). The highest BCUT2D eigenvalue weighted by Gasteiger charge is 2.10. The minimum Gasteiger partial charge on any atom is -0.283 e. The molecule has 0 bridgehead atoms. The summed E-state index contributed by atoms with van der Waals surface area (Å²) < 4.78 is 13.6. The Kier molecular flexibility index (Phi) is 6.77. The van der Waals surface area contributed by atoms with E-state index in [1.165, 1.54) is 11.1 Å². The van der Waals surface area contributed by atoms with Crippen LogP contribution in [-0.4, -0.2) is 28.2 Å². The molecule has 2 unspecified atom stereocenters. The van der Waals surface area contributed by atoms with Crippen molar-refractivity contribution in [2.24, 2.45) is 0 Å². The van der Waals surface area contributed by atoms with E-state index in [0.29, 0.717) is 0 Å². The molecule has 0 spiro atoms. The lowest BCUT2D eigenvalue weighted by Gasteiger charge is -2.21. The maximum Gasteiger partial charge on any atom is 0.0498 e. The zero-order valence-corrected chi connectivity index (χ0v) is 13.3. The molecule has 0 N–H and O–H groups in total. The van der Waals surface area contributed by atoms with Gasteiger partial charge in [0, 0.05) is 35.0 Å². The molecule has 0 radical (unpaired) electrons. The van der Waals surface area contributed by atoms with Crippen molar-refractivity contribution >= 4 is 25.8 Å². The molecular formula is C14H22NOPS. The predicted octanol–water partition coefficient (Wildman–Crippen LogP) is 3.33. The van der Waals surface area contributed by atoms with E-state index in [4.69, 9.17) is 0 Å². The van der Waals surface area contributed by atoms with E-state index in [-0.39, 0.29) is 0 Å². The molecule has 4 heteroatoms. The van der Waals surface area contributed by atoms with Gasteiger partial charge < -0.3 is 0 Å². The van der Waals surface area contributed by atoms with E-state index in [1.54, 1.807) is 6.26 Å². The molecule has 2 atom stereocenters. The first-order chi connectivity index (χ1) is 8.66. The van der Waals surface area contributed by atoms with Crippen molar-refractivity contribution in [1.82, 2.24) is 4.67 Å². The average molecular weight is 283 g/mol. The van der Waals surface area contributed by atoms with Crippen LogP contribution in [0.25, 0.3) is 5.57 Å². The summed E-state index contributed by atoms with van der Waals surface area (Å²) in [6.45, 7) is 6.04. The summed E-state index contributed by atoms with van der Waals surface area (Å²) in [5.74, 6) is 0. The van der Waals surface area contributed by atoms with Gasteiger partial charge in [0.2, 0.25) is 0 Å². The van der Waals surface area contributed by atoms with Gasteiger partial charge in [-0.3, -0.25) is 8.88 Å². The van der Waals surface area contributed by atoms with Crippen molar-refractivity contribution in [3.63, 3.8) is 0 Å². The first-order valence-electron chi connectivity index (χ1n) is 6.29. The number of nitrogens with zero attached hydrogens (tertiary/aromatic N) is 1. The van der Waals surface area contributed by atoms with E-state index in [0.717, 1.165) is 24.4 Å². The highest BCUT2D eigenvalue weighted by Crippen LogP contribution is 2.24. The Morgan fingerprint density at radius 1 is 1.33 bits per heavy atom. The molecule has 100 valence electrons. The van der Waals surface area contributed by atoms with Crippen LogP contribution in [0.4, 0.5) is 0 Å². The van der Waals surface area contributed by atoms with E-state index >= 15 is 0 Å². The maximum atomic E-state index is 11.4. The Morgan fingerprint density at radius 2 is 2.06 bits per heavy atom. The molecule has 1 aromatic rings. The Hall–Kier alpha value is -0.500. The van der Waals surface area contributed by atoms with E-state index < -0.39 is 10.8 Å². The van der Waals surface area contributed by atoms with Crippen LogP contribution in [0.5, 0.6) is 0 Å². The van der Waals surface area contributed by atoms with Crippen LogP contribution in [0, 0.1) is 0 Å². The molecule has 0 amide bonds. The third-order valence-electron chi connectivity index (χ3n) is 2.78. The second kappa shape index (κ2) is 7.83. The van der Waals surface area contributed by atoms with Crippen LogP contribution < -0.4 is 0 Å². The summed E-state index contributed by atoms with van der Waals surface area (Å²) in [7, 11) is 1.83. The topological polar surface area (TPSA) is 20.3 Å². The smallest absolute Gasteiger partial charge is 0.0498 e. The predicted molar refractivity (Wildman–Crippen MR) is 84.0 cm³/mol. The van der Waals surface area contributed by atoms with E-state index in [2.05, 4.69) is 26.2 Å². The fraction of sp³-hybridized carbons (Fsp3) is 0.429. The molecule has 1 aromatic carbocycles. The van der Waals surface area contributed by atoms with Gasteiger partial charge in [0.15, 0.2) is 0 Å². The van der Waals surface area contributed by atoms with Crippen LogP contribution in [-0.2, 0) is 10.8 Å². The monoisotopic (exact) mass is 283 g/mol. The van der Waals surface area contributed by atoms with Crippen molar-refractivity contribution < 1.29 is 4.21 Å². The summed E-state index contributed by atoms with van der Waals surface area (Å²) >= 11 is 0. The lowest BCUT2D eigenvalue weighted by atomic mass is 10.0. The van der Waals surface area contributed by atoms with Gasteiger partial charge in [-0.1, -0.05) is 41.4 Å². The molecule has 0 aliphatic carbocycles. The van der Waals surface area contributed by atoms with Gasteiger partial charge in [-0.05, 0) is 29.7 Å². The van der Waals surface area contributed by atoms with Crippen molar-refractivity contribution in [2.45, 2.75) is 25.2 Å². The lowest BCUT2D eigenvalue weighted by molar-refractivity contribution is 0.515. The Bertz CT molecular complexity index is 445. The highest BCUT2D eigenvalue weighted by atomic mass is 32.2. The quantitative estimate of drug-likeness (QED) is 0.776. The van der Waals surface area contributed by atoms with Gasteiger partial charge >= 0.3 is 0 Å². The molecule has 1 aliphatic rings. The number of rotatable bonds is 2. The van der Waals surface area contributed by atoms with Crippen molar-refractivity contribution in [3.8, 4) is 0 Å². The number of hydrogen-bond acceptors (Lipinski definition) is 2. The van der Waals surface area contributed by atoms with Gasteiger partial charge in [-0.25, -0.2) is 0 Å². The van der Waals surface area contributed by atoms with Crippen molar-refractivity contribution in [3.05, 3.63) is 35.9 Å². The molecule has 1 aliphatic heterocycles. The molecule has 18 heavy (non-hydrogen) atoms. The third kappa shape index (κ3) is 4.31. The average Bonchev–Trinajstić information content (AvgIpc) is 2.42. The minimum atomic E-state index is -0.892. The third-order valence-corrected chi connectivity index (χ3v) is 4.16. The van der Waals surface area contributed by atoms with Crippen LogP contribution in [0.2, 0.25) is 0 Å². The minimum absolute atomic E-state index is 0.892. The van der Waals surface area contributed by atoms with Crippen LogP contribution in [0.3, 0.4) is 0 Å². The lowest BCUT2D eigenvalue weighted by Crippen LogP contribution is -2.17. The van der Waals surface area contributed by atoms with Crippen LogP contribution in [0.15, 0.2) is 35.2 Å². The van der Waals surface area contributed by atoms with Crippen LogP contribution >= 0.6 is 9.39 Å². The summed E-state index contributed by atoms with van der Waals surface area (Å²) in [6.07, 6.45) is 5.02. The summed E-state index contributed by atoms with van der Waals surface area (Å²) in [4.78, 5) is 0.909. The van der Waals surface area contributed by atoms with E-state index in [9.17, 15) is 4.21 Å². The molecular weight excluding hydrogens is 261 g/mol. The fourth-order valence-corrected chi connectivity index (χ4v) is 2.62. The normalized spacial score (nSPS) is 17.4. The Balaban J connectivity index is 0.000000771. The van der Waals surface area contributed by atoms with E-state index in [1.807, 2.05) is 32.0 Å². The fourth-order valence-electron chi connectivity index (χ4n) is 1.82. The van der Waals surface area contributed by atoms with Gasteiger partial charge in [0.25, 0.3) is 0 Å². The molecule has 1 heterocycles. The second-order valence-electron chi connectivity index (χ2n) is 3.96. The standard InChI is InChI=1S/C12H16NOPS.C2H6/c1-16(14)12-4-2-3-11(9-12)10-5-7-13(15)8-6-10;1-2/h2-5,9H,6-8,15H2,1H3;1-2H3. The number of hydrogen-bond donors (Lipinski definition) is 0. The Labute approximate surface area is 115 Å². The molecule has 0 aromatic heterocycles. The Morgan fingerprint density at radius 3 is 2.61 bits per heavy atom. The summed E-state index contributed by atoms with van der Waals surface area (Å²) in [5, 5.41) is 0. The van der Waals surface area contributed by atoms with Gasteiger partial charge in [0.1, 0.15) is 0 Å². The van der Waals surface area contributed by atoms with Gasteiger partial charge in [0.05, 0.1) is 0 Å². The molecule has 0 fully saturated rings. The molecule has 0 saturated carbocycles. The highest BCUT2D eigenvalue weighted by molar-refractivity contribution is 7.84. The number of benzene rings is 1. The van der Waals surface area contributed by atoms with Crippen molar-refractivity contribution in [2.75, 3.05) is 19.3 Å². The first kappa shape index (κ1) is 15.6. The van der Waals surface area contributed by atoms with Gasteiger partial charge in [-0.2, -0.15) is 0 Å². The largest absolute Gasteiger partial charge is 0.283 e. The zero-order valence-electron chi connectivity index (χ0n) is 11.3. The SMILES string of the molecule is CC.CS(=O)c1cccc(C2=CCN(P)CC2)c1. The second-order valence-corrected chi connectivity index (χ2v) is 6.07. The summed E-state index contributed by atoms with van der Waals surface area (Å²) in [5.41, 5.74) is 2.58. The first-order valence-corrected chi connectivity index (χ1v) is 8.37. The van der Waals surface area contributed by atoms with Crippen LogP contribution in [0.1, 0.15) is 25.8 Å². The zero-order chi connectivity index (χ0) is 13.5.